The highest BCUT2D eigenvalue weighted by Gasteiger charge is 2.27. The maximum absolute atomic E-state index is 12.7. The molecule has 27 heavy (non-hydrogen) atoms. The summed E-state index contributed by atoms with van der Waals surface area (Å²) in [5.74, 6) is -0.861. The monoisotopic (exact) mass is 423 g/mol. The Morgan fingerprint density at radius 3 is 2.67 bits per heavy atom. The fourth-order valence-corrected chi connectivity index (χ4v) is 4.17. The van der Waals surface area contributed by atoms with Crippen LogP contribution in [0.4, 0.5) is 5.00 Å². The van der Waals surface area contributed by atoms with Gasteiger partial charge in [-0.15, -0.1) is 11.3 Å². The average molecular weight is 424 g/mol. The molecule has 0 saturated heterocycles. The van der Waals surface area contributed by atoms with Crippen molar-refractivity contribution >= 4 is 51.4 Å². The first kappa shape index (κ1) is 19.5. The summed E-state index contributed by atoms with van der Waals surface area (Å²) < 4.78 is 10.3. The van der Waals surface area contributed by atoms with Gasteiger partial charge in [-0.1, -0.05) is 29.3 Å². The van der Waals surface area contributed by atoms with Gasteiger partial charge in [0.15, 0.2) is 5.76 Å². The molecule has 0 unspecified atom stereocenters. The SMILES string of the molecule is CCOC(=O)c1c(NC(=O)c2ccco2)sc(C)c1-c1ccc(Cl)cc1Cl. The van der Waals surface area contributed by atoms with Gasteiger partial charge in [0.25, 0.3) is 5.91 Å². The number of rotatable bonds is 5. The van der Waals surface area contributed by atoms with Crippen LogP contribution in [-0.4, -0.2) is 18.5 Å². The molecular weight excluding hydrogens is 409 g/mol. The Hall–Kier alpha value is -2.28. The molecule has 0 radical (unpaired) electrons. The number of aryl methyl sites for hydroxylation is 1. The molecule has 0 atom stereocenters. The van der Waals surface area contributed by atoms with Gasteiger partial charge in [-0.05, 0) is 38.1 Å². The third-order valence-electron chi connectivity index (χ3n) is 3.74. The van der Waals surface area contributed by atoms with E-state index < -0.39 is 11.9 Å². The summed E-state index contributed by atoms with van der Waals surface area (Å²) in [5, 5.41) is 3.99. The second kappa shape index (κ2) is 8.17. The summed E-state index contributed by atoms with van der Waals surface area (Å²) in [6, 6.07) is 8.18. The number of carbonyl (C=O) groups is 2. The molecule has 3 rings (SSSR count). The van der Waals surface area contributed by atoms with Crippen molar-refractivity contribution in [3.05, 3.63) is 62.8 Å². The molecule has 1 amide bonds. The van der Waals surface area contributed by atoms with Crippen molar-refractivity contribution in [1.29, 1.82) is 0 Å². The molecule has 2 aromatic heterocycles. The molecule has 8 heteroatoms. The van der Waals surface area contributed by atoms with Crippen LogP contribution in [0.15, 0.2) is 41.0 Å². The van der Waals surface area contributed by atoms with E-state index in [9.17, 15) is 9.59 Å². The minimum absolute atomic E-state index is 0.141. The van der Waals surface area contributed by atoms with Crippen molar-refractivity contribution < 1.29 is 18.7 Å². The average Bonchev–Trinajstić information content (AvgIpc) is 3.24. The van der Waals surface area contributed by atoms with Gasteiger partial charge in [-0.2, -0.15) is 0 Å². The number of hydrogen-bond donors (Lipinski definition) is 1. The summed E-state index contributed by atoms with van der Waals surface area (Å²) in [7, 11) is 0. The lowest BCUT2D eigenvalue weighted by Gasteiger charge is -2.10. The first-order valence-corrected chi connectivity index (χ1v) is 9.60. The Labute approximate surface area is 169 Å². The highest BCUT2D eigenvalue weighted by Crippen LogP contribution is 2.43. The van der Waals surface area contributed by atoms with Crippen LogP contribution in [-0.2, 0) is 4.74 Å². The van der Waals surface area contributed by atoms with Gasteiger partial charge in [-0.3, -0.25) is 4.79 Å². The van der Waals surface area contributed by atoms with Crippen molar-refractivity contribution in [2.45, 2.75) is 13.8 Å². The summed E-state index contributed by atoms with van der Waals surface area (Å²) in [6.07, 6.45) is 1.40. The largest absolute Gasteiger partial charge is 0.462 e. The van der Waals surface area contributed by atoms with Crippen molar-refractivity contribution in [2.75, 3.05) is 11.9 Å². The summed E-state index contributed by atoms with van der Waals surface area (Å²) >= 11 is 13.6. The third-order valence-corrected chi connectivity index (χ3v) is 5.30. The maximum Gasteiger partial charge on any atom is 0.341 e. The molecule has 0 aliphatic heterocycles. The minimum Gasteiger partial charge on any atom is -0.462 e. The van der Waals surface area contributed by atoms with E-state index >= 15 is 0 Å². The van der Waals surface area contributed by atoms with Crippen molar-refractivity contribution in [1.82, 2.24) is 0 Å². The number of anilines is 1. The Morgan fingerprint density at radius 2 is 2.04 bits per heavy atom. The number of furan rings is 1. The predicted octanol–water partition coefficient (Wildman–Crippen LogP) is 6.05. The molecule has 0 saturated carbocycles. The van der Waals surface area contributed by atoms with Crippen molar-refractivity contribution in [2.24, 2.45) is 0 Å². The van der Waals surface area contributed by atoms with E-state index in [4.69, 9.17) is 32.4 Å². The van der Waals surface area contributed by atoms with Gasteiger partial charge in [0.1, 0.15) is 10.6 Å². The number of thiophene rings is 1. The van der Waals surface area contributed by atoms with Gasteiger partial charge in [0, 0.05) is 26.0 Å². The van der Waals surface area contributed by atoms with Crippen LogP contribution in [0.1, 0.15) is 32.7 Å². The molecule has 2 heterocycles. The van der Waals surface area contributed by atoms with E-state index in [0.717, 1.165) is 4.88 Å². The standard InChI is InChI=1S/C19H15Cl2NO4S/c1-3-25-19(24)16-15(12-7-6-11(20)9-13(12)21)10(2)27-18(16)22-17(23)14-5-4-8-26-14/h4-9H,3H2,1-2H3,(H,22,23). The van der Waals surface area contributed by atoms with Crippen LogP contribution < -0.4 is 5.32 Å². The van der Waals surface area contributed by atoms with E-state index in [1.165, 1.54) is 23.7 Å². The highest BCUT2D eigenvalue weighted by molar-refractivity contribution is 7.17. The van der Waals surface area contributed by atoms with Gasteiger partial charge >= 0.3 is 5.97 Å². The number of amides is 1. The number of esters is 1. The van der Waals surface area contributed by atoms with Crippen LogP contribution in [0.2, 0.25) is 10.0 Å². The molecule has 0 aliphatic carbocycles. The zero-order valence-electron chi connectivity index (χ0n) is 14.5. The fraction of sp³-hybridized carbons (Fsp3) is 0.158. The lowest BCUT2D eigenvalue weighted by molar-refractivity contribution is 0.0529. The van der Waals surface area contributed by atoms with E-state index in [2.05, 4.69) is 5.32 Å². The fourth-order valence-electron chi connectivity index (χ4n) is 2.62. The topological polar surface area (TPSA) is 68.5 Å². The molecule has 140 valence electrons. The smallest absolute Gasteiger partial charge is 0.341 e. The van der Waals surface area contributed by atoms with Crippen LogP contribution in [0.3, 0.4) is 0 Å². The molecule has 1 aromatic carbocycles. The van der Waals surface area contributed by atoms with Gasteiger partial charge in [0.05, 0.1) is 12.9 Å². The Balaban J connectivity index is 2.11. The lowest BCUT2D eigenvalue weighted by atomic mass is 10.0. The summed E-state index contributed by atoms with van der Waals surface area (Å²) in [4.78, 5) is 25.8. The second-order valence-electron chi connectivity index (χ2n) is 5.51. The Bertz CT molecular complexity index is 996. The zero-order valence-corrected chi connectivity index (χ0v) is 16.8. The molecule has 5 nitrogen and oxygen atoms in total. The van der Waals surface area contributed by atoms with E-state index in [-0.39, 0.29) is 17.9 Å². The van der Waals surface area contributed by atoms with Crippen LogP contribution in [0.25, 0.3) is 11.1 Å². The summed E-state index contributed by atoms with van der Waals surface area (Å²) in [5.41, 5.74) is 1.50. The van der Waals surface area contributed by atoms with Crippen molar-refractivity contribution in [3.63, 3.8) is 0 Å². The van der Waals surface area contributed by atoms with E-state index in [1.807, 2.05) is 6.92 Å². The molecule has 0 fully saturated rings. The van der Waals surface area contributed by atoms with Crippen LogP contribution >= 0.6 is 34.5 Å². The number of halogens is 2. The molecule has 1 N–H and O–H groups in total. The molecule has 3 aromatic rings. The second-order valence-corrected chi connectivity index (χ2v) is 7.58. The van der Waals surface area contributed by atoms with Gasteiger partial charge < -0.3 is 14.5 Å². The van der Waals surface area contributed by atoms with Gasteiger partial charge in [-0.25, -0.2) is 4.79 Å². The number of nitrogens with one attached hydrogen (secondary N) is 1. The normalized spacial score (nSPS) is 10.7. The highest BCUT2D eigenvalue weighted by atomic mass is 35.5. The van der Waals surface area contributed by atoms with E-state index in [1.54, 1.807) is 31.2 Å². The molecular formula is C19H15Cl2NO4S. The Kier molecular flexibility index (Phi) is 5.89. The minimum atomic E-state index is -0.544. The van der Waals surface area contributed by atoms with E-state index in [0.29, 0.717) is 26.2 Å². The first-order valence-electron chi connectivity index (χ1n) is 8.03. The number of ether oxygens (including phenoxy) is 1. The van der Waals surface area contributed by atoms with Crippen LogP contribution in [0, 0.1) is 6.92 Å². The van der Waals surface area contributed by atoms with Crippen LogP contribution in [0.5, 0.6) is 0 Å². The third kappa shape index (κ3) is 4.03. The summed E-state index contributed by atoms with van der Waals surface area (Å²) in [6.45, 7) is 3.76. The molecule has 0 bridgehead atoms. The predicted molar refractivity (Wildman–Crippen MR) is 107 cm³/mol. The molecule has 0 aliphatic rings. The molecule has 0 spiro atoms. The number of benzene rings is 1. The number of hydrogen-bond acceptors (Lipinski definition) is 5. The quantitative estimate of drug-likeness (QED) is 0.506. The Morgan fingerprint density at radius 1 is 1.26 bits per heavy atom. The zero-order chi connectivity index (χ0) is 19.6. The van der Waals surface area contributed by atoms with Gasteiger partial charge in [0.2, 0.25) is 0 Å². The van der Waals surface area contributed by atoms with Crippen molar-refractivity contribution in [3.8, 4) is 11.1 Å². The number of carbonyl (C=O) groups excluding carboxylic acids is 2. The first-order chi connectivity index (χ1) is 12.9. The maximum atomic E-state index is 12.7. The lowest BCUT2D eigenvalue weighted by Crippen LogP contribution is -2.14.